The molecule has 0 saturated heterocycles. The van der Waals surface area contributed by atoms with Crippen molar-refractivity contribution in [2.45, 2.75) is 5.92 Å². The summed E-state index contributed by atoms with van der Waals surface area (Å²) >= 11 is 0. The second-order valence-electron chi connectivity index (χ2n) is 14.0. The number of pyridine rings is 6. The molecule has 10 aromatic rings. The zero-order chi connectivity index (χ0) is 37.0. The first-order chi connectivity index (χ1) is 27.8. The lowest BCUT2D eigenvalue weighted by Crippen LogP contribution is -2.02. The molecule has 1 aliphatic rings. The van der Waals surface area contributed by atoms with Crippen LogP contribution in [0.2, 0.25) is 0 Å². The van der Waals surface area contributed by atoms with Crippen LogP contribution in [0, 0.1) is 0 Å². The average Bonchev–Trinajstić information content (AvgIpc) is 3.79. The van der Waals surface area contributed by atoms with Crippen molar-refractivity contribution < 1.29 is 0 Å². The van der Waals surface area contributed by atoms with E-state index in [1.165, 1.54) is 16.7 Å². The fraction of sp³-hybridized carbons (Fsp3) is 0.0204. The van der Waals surface area contributed by atoms with Crippen LogP contribution in [-0.4, -0.2) is 34.5 Å². The molecule has 0 radical (unpaired) electrons. The first-order valence-electron chi connectivity index (χ1n) is 18.6. The molecule has 0 spiro atoms. The van der Waals surface area contributed by atoms with Gasteiger partial charge in [-0.15, -0.1) is 0 Å². The molecule has 7 heterocycles. The highest BCUT2D eigenvalue weighted by molar-refractivity contribution is 6.08. The number of rotatable bonds is 6. The third-order valence-corrected chi connectivity index (χ3v) is 10.7. The highest BCUT2D eigenvalue weighted by Gasteiger charge is 2.31. The lowest BCUT2D eigenvalue weighted by Gasteiger charge is -2.17. The van der Waals surface area contributed by atoms with Crippen LogP contribution in [0.4, 0.5) is 0 Å². The van der Waals surface area contributed by atoms with E-state index in [9.17, 15) is 0 Å². The minimum atomic E-state index is 0.0192. The molecule has 1 atom stereocenters. The van der Waals surface area contributed by atoms with E-state index < -0.39 is 0 Å². The Bertz CT molecular complexity index is 3100. The van der Waals surface area contributed by atoms with E-state index >= 15 is 0 Å². The summed E-state index contributed by atoms with van der Waals surface area (Å²) < 4.78 is 2.33. The Morgan fingerprint density at radius 1 is 0.411 bits per heavy atom. The Hall–Kier alpha value is -7.64. The van der Waals surface area contributed by atoms with Gasteiger partial charge in [-0.2, -0.15) is 0 Å². The molecule has 7 aromatic heterocycles. The summed E-state index contributed by atoms with van der Waals surface area (Å²) in [6.45, 7) is 0. The Labute approximate surface area is 322 Å². The summed E-state index contributed by atoms with van der Waals surface area (Å²) in [4.78, 5) is 28.9. The predicted molar refractivity (Wildman–Crippen MR) is 222 cm³/mol. The molecule has 7 nitrogen and oxygen atoms in total. The maximum Gasteiger partial charge on any atom is 0.0963 e. The van der Waals surface area contributed by atoms with E-state index in [4.69, 9.17) is 19.9 Å². The second kappa shape index (κ2) is 13.0. The number of nitrogens with zero attached hydrogens (tertiary/aromatic N) is 7. The van der Waals surface area contributed by atoms with Gasteiger partial charge in [-0.1, -0.05) is 60.7 Å². The Balaban J connectivity index is 1.00. The standard InChI is InChI=1S/C49H31N7/c1-3-24-50-41(13-1)43-17-6-15-39(54-43)31-20-22-35-37(29-31)48-36(12-8-26-52-48)47(35)33-10-5-11-34(28-33)56-45-23-21-32(30-38(45)49-46(56)19-9-27-53-49)40-16-7-18-44(55-40)42-14-2-4-25-51-42/h1-30,47H. The monoisotopic (exact) mass is 717 g/mol. The summed E-state index contributed by atoms with van der Waals surface area (Å²) in [6, 6.07) is 54.5. The van der Waals surface area contributed by atoms with Crippen LogP contribution in [0.15, 0.2) is 183 Å². The molecule has 11 rings (SSSR count). The fourth-order valence-electron chi connectivity index (χ4n) is 8.20. The van der Waals surface area contributed by atoms with Crippen LogP contribution >= 0.6 is 0 Å². The Morgan fingerprint density at radius 3 is 1.80 bits per heavy atom. The van der Waals surface area contributed by atoms with Gasteiger partial charge in [0.15, 0.2) is 0 Å². The Morgan fingerprint density at radius 2 is 1.05 bits per heavy atom. The smallest absolute Gasteiger partial charge is 0.0963 e. The highest BCUT2D eigenvalue weighted by Crippen LogP contribution is 2.48. The van der Waals surface area contributed by atoms with E-state index in [-0.39, 0.29) is 5.92 Å². The van der Waals surface area contributed by atoms with Gasteiger partial charge in [-0.05, 0) is 114 Å². The molecule has 262 valence electrons. The minimum absolute atomic E-state index is 0.0192. The zero-order valence-electron chi connectivity index (χ0n) is 30.0. The quantitative estimate of drug-likeness (QED) is 0.170. The minimum Gasteiger partial charge on any atom is -0.308 e. The third kappa shape index (κ3) is 5.28. The van der Waals surface area contributed by atoms with E-state index in [0.717, 1.165) is 84.2 Å². The van der Waals surface area contributed by atoms with Crippen molar-refractivity contribution in [3.05, 3.63) is 199 Å². The van der Waals surface area contributed by atoms with Gasteiger partial charge in [-0.25, -0.2) is 9.97 Å². The van der Waals surface area contributed by atoms with E-state index in [0.29, 0.717) is 0 Å². The van der Waals surface area contributed by atoms with Gasteiger partial charge in [-0.3, -0.25) is 19.9 Å². The van der Waals surface area contributed by atoms with Crippen molar-refractivity contribution in [1.82, 2.24) is 34.5 Å². The number of fused-ring (bicyclic) bond motifs is 6. The lowest BCUT2D eigenvalue weighted by atomic mass is 9.89. The summed E-state index contributed by atoms with van der Waals surface area (Å²) in [5.41, 5.74) is 17.2. The van der Waals surface area contributed by atoms with Crippen molar-refractivity contribution in [3.8, 4) is 62.2 Å². The Kier molecular flexibility index (Phi) is 7.41. The van der Waals surface area contributed by atoms with Gasteiger partial charge in [0.05, 0.1) is 56.4 Å². The maximum atomic E-state index is 5.00. The largest absolute Gasteiger partial charge is 0.308 e. The summed E-state index contributed by atoms with van der Waals surface area (Å²) in [6.07, 6.45) is 7.35. The summed E-state index contributed by atoms with van der Waals surface area (Å²) in [7, 11) is 0. The molecule has 0 N–H and O–H groups in total. The van der Waals surface area contributed by atoms with Crippen molar-refractivity contribution in [2.75, 3.05) is 0 Å². The van der Waals surface area contributed by atoms with Gasteiger partial charge in [0.1, 0.15) is 0 Å². The molecular weight excluding hydrogens is 687 g/mol. The molecule has 1 unspecified atom stereocenters. The van der Waals surface area contributed by atoms with Crippen molar-refractivity contribution >= 4 is 21.9 Å². The van der Waals surface area contributed by atoms with Crippen LogP contribution in [0.3, 0.4) is 0 Å². The van der Waals surface area contributed by atoms with Crippen LogP contribution in [0.25, 0.3) is 84.2 Å². The molecule has 7 heteroatoms. The molecule has 0 aliphatic heterocycles. The van der Waals surface area contributed by atoms with Gasteiger partial charge < -0.3 is 4.57 Å². The fourth-order valence-corrected chi connectivity index (χ4v) is 8.20. The summed E-state index contributed by atoms with van der Waals surface area (Å²) in [5.74, 6) is 0.0192. The molecule has 0 amide bonds. The van der Waals surface area contributed by atoms with Crippen LogP contribution in [0.1, 0.15) is 22.6 Å². The van der Waals surface area contributed by atoms with Crippen molar-refractivity contribution in [1.29, 1.82) is 0 Å². The molecular formula is C49H31N7. The van der Waals surface area contributed by atoms with E-state index in [1.54, 1.807) is 12.4 Å². The maximum absolute atomic E-state index is 5.00. The number of hydrogen-bond donors (Lipinski definition) is 0. The number of aromatic nitrogens is 7. The van der Waals surface area contributed by atoms with Crippen molar-refractivity contribution in [2.24, 2.45) is 0 Å². The molecule has 1 aliphatic carbocycles. The van der Waals surface area contributed by atoms with Gasteiger partial charge in [0.2, 0.25) is 0 Å². The first kappa shape index (κ1) is 31.8. The third-order valence-electron chi connectivity index (χ3n) is 10.7. The van der Waals surface area contributed by atoms with Gasteiger partial charge in [0.25, 0.3) is 0 Å². The molecule has 0 saturated carbocycles. The molecule has 0 bridgehead atoms. The number of hydrogen-bond acceptors (Lipinski definition) is 6. The van der Waals surface area contributed by atoms with Crippen LogP contribution in [0.5, 0.6) is 0 Å². The molecule has 3 aromatic carbocycles. The SMILES string of the molecule is c1ccc(-c2cccc(-c3ccc4c(c3)-c3ncccc3C4c3cccc(-n4c5ccc(-c6cccc(-c7ccccn7)n6)cc5c5ncccc54)c3)n2)nc1. The highest BCUT2D eigenvalue weighted by atomic mass is 15.0. The van der Waals surface area contributed by atoms with E-state index in [1.807, 2.05) is 85.2 Å². The lowest BCUT2D eigenvalue weighted by molar-refractivity contribution is 1.00. The van der Waals surface area contributed by atoms with Crippen LogP contribution in [-0.2, 0) is 0 Å². The summed E-state index contributed by atoms with van der Waals surface area (Å²) in [5, 5.41) is 1.07. The molecule has 56 heavy (non-hydrogen) atoms. The molecule has 0 fully saturated rings. The van der Waals surface area contributed by atoms with E-state index in [2.05, 4.69) is 99.5 Å². The van der Waals surface area contributed by atoms with Crippen molar-refractivity contribution in [3.63, 3.8) is 0 Å². The van der Waals surface area contributed by atoms with Gasteiger partial charge in [0, 0.05) is 58.5 Å². The zero-order valence-corrected chi connectivity index (χ0v) is 30.0. The normalized spacial score (nSPS) is 13.2. The topological polar surface area (TPSA) is 82.3 Å². The average molecular weight is 718 g/mol. The first-order valence-corrected chi connectivity index (χ1v) is 18.6. The number of benzene rings is 3. The predicted octanol–water partition coefficient (Wildman–Crippen LogP) is 11.0. The van der Waals surface area contributed by atoms with Crippen LogP contribution < -0.4 is 0 Å². The van der Waals surface area contributed by atoms with Gasteiger partial charge >= 0.3 is 0 Å². The second-order valence-corrected chi connectivity index (χ2v) is 14.0.